The summed E-state index contributed by atoms with van der Waals surface area (Å²) in [4.78, 5) is 29.1. The molecule has 7 nitrogen and oxygen atoms in total. The fraction of sp³-hybridized carbons (Fsp3) is 0.375. The van der Waals surface area contributed by atoms with E-state index in [0.29, 0.717) is 12.1 Å². The summed E-state index contributed by atoms with van der Waals surface area (Å²) in [5.41, 5.74) is 3.35. The van der Waals surface area contributed by atoms with Crippen LogP contribution in [0.4, 0.5) is 5.69 Å². The predicted octanol–water partition coefficient (Wildman–Crippen LogP) is 5.47. The summed E-state index contributed by atoms with van der Waals surface area (Å²) in [6.07, 6.45) is 1.94. The van der Waals surface area contributed by atoms with Crippen LogP contribution in [-0.2, 0) is 32.6 Å². The summed E-state index contributed by atoms with van der Waals surface area (Å²) in [5.74, 6) is -0.700. The van der Waals surface area contributed by atoms with Gasteiger partial charge in [0, 0.05) is 12.6 Å². The molecule has 0 radical (unpaired) electrons. The summed E-state index contributed by atoms with van der Waals surface area (Å²) in [5, 5.41) is 3.00. The van der Waals surface area contributed by atoms with Crippen LogP contribution in [0.2, 0.25) is 0 Å². The third kappa shape index (κ3) is 7.72. The van der Waals surface area contributed by atoms with Gasteiger partial charge in [0.15, 0.2) is 0 Å². The van der Waals surface area contributed by atoms with Gasteiger partial charge in [-0.05, 0) is 68.5 Å². The van der Waals surface area contributed by atoms with E-state index in [9.17, 15) is 18.0 Å². The van der Waals surface area contributed by atoms with Crippen molar-refractivity contribution < 1.29 is 18.0 Å². The second kappa shape index (κ2) is 14.1. The summed E-state index contributed by atoms with van der Waals surface area (Å²) in [6.45, 7) is 9.50. The number of nitrogens with one attached hydrogen (secondary N) is 1. The van der Waals surface area contributed by atoms with Crippen LogP contribution in [0.1, 0.15) is 57.2 Å². The lowest BCUT2D eigenvalue weighted by Crippen LogP contribution is -2.53. The summed E-state index contributed by atoms with van der Waals surface area (Å²) < 4.78 is 28.9. The van der Waals surface area contributed by atoms with Crippen LogP contribution in [0.25, 0.3) is 0 Å². The molecule has 8 heteroatoms. The van der Waals surface area contributed by atoms with Gasteiger partial charge < -0.3 is 10.2 Å². The average molecular weight is 564 g/mol. The smallest absolute Gasteiger partial charge is 0.264 e. The van der Waals surface area contributed by atoms with Crippen molar-refractivity contribution in [1.29, 1.82) is 0 Å². The number of anilines is 1. The van der Waals surface area contributed by atoms with Crippen molar-refractivity contribution in [2.45, 2.75) is 77.4 Å². The maximum Gasteiger partial charge on any atom is 0.264 e. The molecule has 2 atom stereocenters. The molecule has 0 saturated heterocycles. The first-order chi connectivity index (χ1) is 19.1. The zero-order chi connectivity index (χ0) is 29.3. The Morgan fingerprint density at radius 3 is 2.10 bits per heavy atom. The molecule has 3 rings (SSSR count). The highest BCUT2D eigenvalue weighted by Gasteiger charge is 2.34. The number of carbonyl (C=O) groups excluding carboxylic acids is 2. The Hall–Kier alpha value is -3.65. The van der Waals surface area contributed by atoms with Crippen LogP contribution < -0.4 is 9.62 Å². The van der Waals surface area contributed by atoms with Gasteiger partial charge in [0.1, 0.15) is 12.6 Å². The highest BCUT2D eigenvalue weighted by molar-refractivity contribution is 7.92. The van der Waals surface area contributed by atoms with Crippen molar-refractivity contribution in [3.05, 3.63) is 95.6 Å². The van der Waals surface area contributed by atoms with Crippen molar-refractivity contribution >= 4 is 27.5 Å². The number of carbonyl (C=O) groups is 2. The molecule has 0 heterocycles. The van der Waals surface area contributed by atoms with Crippen LogP contribution in [-0.4, -0.2) is 43.8 Å². The van der Waals surface area contributed by atoms with E-state index in [1.807, 2.05) is 71.0 Å². The van der Waals surface area contributed by atoms with Gasteiger partial charge in [0.2, 0.25) is 11.8 Å². The van der Waals surface area contributed by atoms with Crippen LogP contribution in [0.3, 0.4) is 0 Å². The van der Waals surface area contributed by atoms with Gasteiger partial charge in [-0.3, -0.25) is 13.9 Å². The number of hydrogen-bond acceptors (Lipinski definition) is 4. The lowest BCUT2D eigenvalue weighted by Gasteiger charge is -2.33. The largest absolute Gasteiger partial charge is 0.352 e. The maximum absolute atomic E-state index is 14.1. The first-order valence-electron chi connectivity index (χ1n) is 13.9. The van der Waals surface area contributed by atoms with Crippen molar-refractivity contribution in [1.82, 2.24) is 10.2 Å². The van der Waals surface area contributed by atoms with Crippen molar-refractivity contribution in [2.75, 3.05) is 10.8 Å². The second-order valence-corrected chi connectivity index (χ2v) is 12.0. The van der Waals surface area contributed by atoms with Gasteiger partial charge in [-0.25, -0.2) is 8.42 Å². The van der Waals surface area contributed by atoms with Crippen LogP contribution >= 0.6 is 0 Å². The quantitative estimate of drug-likeness (QED) is 0.299. The summed E-state index contributed by atoms with van der Waals surface area (Å²) in [6, 6.07) is 22.2. The summed E-state index contributed by atoms with van der Waals surface area (Å²) >= 11 is 0. The first-order valence-corrected chi connectivity index (χ1v) is 15.4. The lowest BCUT2D eigenvalue weighted by molar-refractivity contribution is -0.140. The number of aryl methyl sites for hydroxylation is 2. The van der Waals surface area contributed by atoms with Gasteiger partial charge in [-0.15, -0.1) is 0 Å². The number of hydrogen-bond donors (Lipinski definition) is 1. The molecule has 214 valence electrons. The van der Waals surface area contributed by atoms with Gasteiger partial charge in [0.05, 0.1) is 10.6 Å². The molecule has 0 aliphatic rings. The molecular weight excluding hydrogens is 522 g/mol. The van der Waals surface area contributed by atoms with E-state index in [4.69, 9.17) is 0 Å². The van der Waals surface area contributed by atoms with Gasteiger partial charge in [0.25, 0.3) is 10.0 Å². The molecule has 3 aromatic carbocycles. The van der Waals surface area contributed by atoms with E-state index in [2.05, 4.69) is 5.32 Å². The molecule has 0 spiro atoms. The number of benzene rings is 3. The normalized spacial score (nSPS) is 12.8. The van der Waals surface area contributed by atoms with E-state index < -0.39 is 28.5 Å². The third-order valence-electron chi connectivity index (χ3n) is 7.06. The monoisotopic (exact) mass is 563 g/mol. The first kappa shape index (κ1) is 30.9. The molecule has 0 fully saturated rings. The Morgan fingerprint density at radius 1 is 0.850 bits per heavy atom. The fourth-order valence-electron chi connectivity index (χ4n) is 4.51. The molecule has 3 aromatic rings. The Bertz CT molecular complexity index is 1370. The molecule has 0 unspecified atom stereocenters. The van der Waals surface area contributed by atoms with Crippen molar-refractivity contribution in [3.8, 4) is 0 Å². The third-order valence-corrected chi connectivity index (χ3v) is 8.85. The number of rotatable bonds is 13. The molecular formula is C32H41N3O4S. The molecule has 40 heavy (non-hydrogen) atoms. The second-order valence-electron chi connectivity index (χ2n) is 10.1. The summed E-state index contributed by atoms with van der Waals surface area (Å²) in [7, 11) is -4.07. The predicted molar refractivity (Wildman–Crippen MR) is 160 cm³/mol. The van der Waals surface area contributed by atoms with Crippen LogP contribution in [0.5, 0.6) is 0 Å². The van der Waals surface area contributed by atoms with Crippen LogP contribution in [0, 0.1) is 6.92 Å². The van der Waals surface area contributed by atoms with E-state index in [0.717, 1.165) is 33.8 Å². The lowest BCUT2D eigenvalue weighted by atomic mass is 10.1. The topological polar surface area (TPSA) is 86.8 Å². The molecule has 0 aliphatic heterocycles. The maximum atomic E-state index is 14.1. The molecule has 1 N–H and O–H groups in total. The molecule has 0 saturated carbocycles. The highest BCUT2D eigenvalue weighted by Crippen LogP contribution is 2.25. The average Bonchev–Trinajstić information content (AvgIpc) is 2.96. The minimum atomic E-state index is -4.07. The van der Waals surface area contributed by atoms with Crippen molar-refractivity contribution in [3.63, 3.8) is 0 Å². The fourth-order valence-corrected chi connectivity index (χ4v) is 5.95. The van der Waals surface area contributed by atoms with Crippen molar-refractivity contribution in [2.24, 2.45) is 0 Å². The Kier molecular flexibility index (Phi) is 10.9. The Labute approximate surface area is 239 Å². The van der Waals surface area contributed by atoms with Gasteiger partial charge in [-0.2, -0.15) is 0 Å². The minimum Gasteiger partial charge on any atom is -0.352 e. The molecule has 0 aromatic heterocycles. The number of sulfonamides is 1. The standard InChI is InChI=1S/C32H41N3O4S/c1-6-25(5)33-32(37)30(8-3)34(22-27-14-12-13-24(4)21-27)31(36)23-35(28-19-17-26(7-2)18-20-28)40(38,39)29-15-10-9-11-16-29/h9-21,25,30H,6-8,22-23H2,1-5H3,(H,33,37)/t25-,30+/m1/s1. The van der Waals surface area contributed by atoms with E-state index in [-0.39, 0.29) is 23.4 Å². The SMILES string of the molecule is CCc1ccc(N(CC(=O)N(Cc2cccc(C)c2)[C@@H](CC)C(=O)N[C@H](C)CC)S(=O)(=O)c2ccccc2)cc1. The van der Waals surface area contributed by atoms with Crippen LogP contribution in [0.15, 0.2) is 83.8 Å². The van der Waals surface area contributed by atoms with E-state index >= 15 is 0 Å². The van der Waals surface area contributed by atoms with Gasteiger partial charge in [-0.1, -0.05) is 80.9 Å². The van der Waals surface area contributed by atoms with Gasteiger partial charge >= 0.3 is 0 Å². The number of amides is 2. The molecule has 0 bridgehead atoms. The van der Waals surface area contributed by atoms with E-state index in [1.54, 1.807) is 30.3 Å². The van der Waals surface area contributed by atoms with E-state index in [1.165, 1.54) is 17.0 Å². The Balaban J connectivity index is 2.05. The number of nitrogens with zero attached hydrogens (tertiary/aromatic N) is 2. The zero-order valence-corrected chi connectivity index (χ0v) is 24.9. The molecule has 2 amide bonds. The minimum absolute atomic E-state index is 0.0514. The zero-order valence-electron chi connectivity index (χ0n) is 24.1. The Morgan fingerprint density at radius 2 is 1.52 bits per heavy atom. The molecule has 0 aliphatic carbocycles. The highest BCUT2D eigenvalue weighted by atomic mass is 32.2.